The van der Waals surface area contributed by atoms with Gasteiger partial charge in [-0.25, -0.2) is 8.42 Å². The summed E-state index contributed by atoms with van der Waals surface area (Å²) in [6.07, 6.45) is 0. The first-order chi connectivity index (χ1) is 6.15. The average molecular weight is 196 g/mol. The summed E-state index contributed by atoms with van der Waals surface area (Å²) in [5.74, 6) is 5.19. The molecule has 0 radical (unpaired) electrons. The third-order valence-corrected chi connectivity index (χ3v) is 3.43. The highest BCUT2D eigenvalue weighted by Gasteiger charge is 2.25. The minimum Gasteiger partial charge on any atom is -0.323 e. The molecule has 0 spiro atoms. The van der Waals surface area contributed by atoms with Crippen molar-refractivity contribution < 1.29 is 8.42 Å². The van der Waals surface area contributed by atoms with Gasteiger partial charge in [-0.05, 0) is 6.07 Å². The van der Waals surface area contributed by atoms with Crippen molar-refractivity contribution in [3.63, 3.8) is 0 Å². The van der Waals surface area contributed by atoms with Crippen LogP contribution in [0.5, 0.6) is 0 Å². The van der Waals surface area contributed by atoms with E-state index in [1.54, 1.807) is 24.3 Å². The number of rotatable bonds is 1. The van der Waals surface area contributed by atoms with E-state index < -0.39 is 9.84 Å². The number of benzene rings is 1. The summed E-state index contributed by atoms with van der Waals surface area (Å²) < 4.78 is 22.9. The Bertz CT molecular complexity index is 477. The molecule has 1 aliphatic rings. The van der Waals surface area contributed by atoms with E-state index in [1.165, 1.54) is 0 Å². The Labute approximate surface area is 76.0 Å². The van der Waals surface area contributed by atoms with Crippen LogP contribution in [0, 0.1) is 0 Å². The molecule has 1 aromatic carbocycles. The summed E-state index contributed by atoms with van der Waals surface area (Å²) in [5.41, 5.74) is 3.43. The molecule has 0 aromatic heterocycles. The lowest BCUT2D eigenvalue weighted by molar-refractivity contribution is 0.605. The van der Waals surface area contributed by atoms with Crippen molar-refractivity contribution in [2.24, 2.45) is 5.84 Å². The number of fused-ring (bicyclic) bond motifs is 1. The molecule has 1 aromatic rings. The fourth-order valence-corrected chi connectivity index (χ4v) is 2.72. The average Bonchev–Trinajstić information content (AvgIpc) is 2.39. The van der Waals surface area contributed by atoms with Gasteiger partial charge in [0.25, 0.3) is 0 Å². The summed E-state index contributed by atoms with van der Waals surface area (Å²) in [6.45, 7) is 0. The van der Waals surface area contributed by atoms with Crippen molar-refractivity contribution >= 4 is 15.5 Å². The molecule has 68 valence electrons. The first kappa shape index (κ1) is 8.28. The van der Waals surface area contributed by atoms with Crippen molar-refractivity contribution in [3.8, 4) is 0 Å². The molecule has 1 heterocycles. The van der Waals surface area contributed by atoms with Gasteiger partial charge in [0.05, 0.1) is 16.0 Å². The Morgan fingerprint density at radius 3 is 2.62 bits per heavy atom. The fourth-order valence-electron chi connectivity index (χ4n) is 1.33. The van der Waals surface area contributed by atoms with Crippen molar-refractivity contribution in [3.05, 3.63) is 35.2 Å². The molecule has 13 heavy (non-hydrogen) atoms. The molecule has 2 rings (SSSR count). The van der Waals surface area contributed by atoms with E-state index in [9.17, 15) is 8.42 Å². The number of sulfone groups is 1. The quantitative estimate of drug-likeness (QED) is 0.498. The molecule has 5 heteroatoms. The summed E-state index contributed by atoms with van der Waals surface area (Å²) in [6, 6.07) is 6.73. The van der Waals surface area contributed by atoms with Crippen LogP contribution in [-0.2, 0) is 9.84 Å². The molecular formula is C8H8N2O2S. The molecule has 1 aliphatic heterocycles. The second-order valence-electron chi connectivity index (χ2n) is 2.72. The van der Waals surface area contributed by atoms with Gasteiger partial charge in [-0.2, -0.15) is 0 Å². The van der Waals surface area contributed by atoms with Gasteiger partial charge in [0.15, 0.2) is 0 Å². The fraction of sp³-hybridized carbons (Fsp3) is 0. The highest BCUT2D eigenvalue weighted by molar-refractivity contribution is 7.94. The van der Waals surface area contributed by atoms with Crippen LogP contribution in [0.2, 0.25) is 0 Å². The van der Waals surface area contributed by atoms with Crippen LogP contribution in [-0.4, -0.2) is 8.42 Å². The van der Waals surface area contributed by atoms with Gasteiger partial charge in [0.1, 0.15) is 0 Å². The molecule has 0 fully saturated rings. The smallest absolute Gasteiger partial charge is 0.202 e. The maximum absolute atomic E-state index is 11.5. The molecule has 0 atom stereocenters. The lowest BCUT2D eigenvalue weighted by Gasteiger charge is -2.00. The van der Waals surface area contributed by atoms with Crippen LogP contribution >= 0.6 is 0 Å². The standard InChI is InChI=1S/C8H8N2O2S/c9-10-7-5-13(11,12)8-4-2-1-3-6(7)8/h1-5,10H,9H2. The number of hydrogen-bond acceptors (Lipinski definition) is 4. The maximum Gasteiger partial charge on any atom is 0.202 e. The van der Waals surface area contributed by atoms with E-state index in [0.717, 1.165) is 5.41 Å². The van der Waals surface area contributed by atoms with E-state index in [-0.39, 0.29) is 0 Å². The van der Waals surface area contributed by atoms with Crippen LogP contribution in [0.4, 0.5) is 0 Å². The van der Waals surface area contributed by atoms with Gasteiger partial charge in [-0.1, -0.05) is 18.2 Å². The minimum atomic E-state index is -3.27. The Hall–Kier alpha value is -1.33. The van der Waals surface area contributed by atoms with E-state index >= 15 is 0 Å². The van der Waals surface area contributed by atoms with Gasteiger partial charge in [-0.15, -0.1) is 0 Å². The predicted molar refractivity (Wildman–Crippen MR) is 48.9 cm³/mol. The first-order valence-corrected chi connectivity index (χ1v) is 5.22. The third-order valence-electron chi connectivity index (χ3n) is 1.91. The minimum absolute atomic E-state index is 0.308. The van der Waals surface area contributed by atoms with Crippen molar-refractivity contribution in [2.75, 3.05) is 0 Å². The zero-order valence-corrected chi connectivity index (χ0v) is 7.51. The van der Waals surface area contributed by atoms with E-state index in [2.05, 4.69) is 5.43 Å². The van der Waals surface area contributed by atoms with Gasteiger partial charge in [0.2, 0.25) is 9.84 Å². The third kappa shape index (κ3) is 1.13. The molecule has 3 N–H and O–H groups in total. The van der Waals surface area contributed by atoms with Gasteiger partial charge < -0.3 is 5.43 Å². The molecule has 0 saturated carbocycles. The topological polar surface area (TPSA) is 72.2 Å². The lowest BCUT2D eigenvalue weighted by Crippen LogP contribution is -2.18. The highest BCUT2D eigenvalue weighted by atomic mass is 32.2. The van der Waals surface area contributed by atoms with Crippen LogP contribution < -0.4 is 11.3 Å². The maximum atomic E-state index is 11.5. The Kier molecular flexibility index (Phi) is 1.64. The number of hydrogen-bond donors (Lipinski definition) is 2. The Morgan fingerprint density at radius 1 is 1.23 bits per heavy atom. The zero-order chi connectivity index (χ0) is 9.47. The molecule has 4 nitrogen and oxygen atoms in total. The van der Waals surface area contributed by atoms with Gasteiger partial charge in [0, 0.05) is 5.56 Å². The van der Waals surface area contributed by atoms with Crippen LogP contribution in [0.1, 0.15) is 5.56 Å². The van der Waals surface area contributed by atoms with Crippen LogP contribution in [0.15, 0.2) is 34.6 Å². The largest absolute Gasteiger partial charge is 0.323 e. The Morgan fingerprint density at radius 2 is 1.92 bits per heavy atom. The van der Waals surface area contributed by atoms with Crippen LogP contribution in [0.25, 0.3) is 5.70 Å². The van der Waals surface area contributed by atoms with Crippen molar-refractivity contribution in [1.82, 2.24) is 5.43 Å². The van der Waals surface area contributed by atoms with Crippen LogP contribution in [0.3, 0.4) is 0 Å². The molecule has 0 amide bonds. The zero-order valence-electron chi connectivity index (χ0n) is 6.69. The highest BCUT2D eigenvalue weighted by Crippen LogP contribution is 2.30. The van der Waals surface area contributed by atoms with E-state index in [0.29, 0.717) is 16.2 Å². The molecule has 0 unspecified atom stereocenters. The normalized spacial score (nSPS) is 17.8. The van der Waals surface area contributed by atoms with E-state index in [4.69, 9.17) is 5.84 Å². The van der Waals surface area contributed by atoms with Gasteiger partial charge in [-0.3, -0.25) is 5.84 Å². The lowest BCUT2D eigenvalue weighted by atomic mass is 10.2. The molecule has 0 aliphatic carbocycles. The van der Waals surface area contributed by atoms with Crippen molar-refractivity contribution in [1.29, 1.82) is 0 Å². The molecule has 0 bridgehead atoms. The second-order valence-corrected chi connectivity index (χ2v) is 4.48. The Balaban J connectivity index is 2.76. The predicted octanol–water partition coefficient (Wildman–Crippen LogP) is 0.236. The van der Waals surface area contributed by atoms with Gasteiger partial charge >= 0.3 is 0 Å². The number of nitrogens with two attached hydrogens (primary N) is 1. The van der Waals surface area contributed by atoms with Crippen molar-refractivity contribution in [2.45, 2.75) is 4.90 Å². The summed E-state index contributed by atoms with van der Waals surface area (Å²) in [5, 5.41) is 1.14. The molecular weight excluding hydrogens is 188 g/mol. The summed E-state index contributed by atoms with van der Waals surface area (Å²) in [7, 11) is -3.27. The monoisotopic (exact) mass is 196 g/mol. The molecule has 0 saturated heterocycles. The SMILES string of the molecule is NNC1=CS(=O)(=O)c2ccccc21. The number of nitrogens with one attached hydrogen (secondary N) is 1. The summed E-state index contributed by atoms with van der Waals surface area (Å²) >= 11 is 0. The summed E-state index contributed by atoms with van der Waals surface area (Å²) in [4.78, 5) is 0.308. The number of hydrazine groups is 1. The second kappa shape index (κ2) is 2.58. The first-order valence-electron chi connectivity index (χ1n) is 3.68. The van der Waals surface area contributed by atoms with E-state index in [1.807, 2.05) is 0 Å².